The summed E-state index contributed by atoms with van der Waals surface area (Å²) in [6.07, 6.45) is 0. The Labute approximate surface area is 125 Å². The van der Waals surface area contributed by atoms with E-state index in [2.05, 4.69) is 24.3 Å². The summed E-state index contributed by atoms with van der Waals surface area (Å²) in [5.41, 5.74) is 1.78. The molecular weight excluding hydrogens is 275 g/mol. The highest BCUT2D eigenvalue weighted by Gasteiger charge is 2.08. The SMILES string of the molecule is Fc1ccc2cc3cc4oc5ccccc5c4cc3cc2c1. The predicted molar refractivity (Wildman–Crippen MR) is 88.7 cm³/mol. The number of halogens is 1. The van der Waals surface area contributed by atoms with Gasteiger partial charge in [-0.1, -0.05) is 24.3 Å². The second-order valence-electron chi connectivity index (χ2n) is 5.64. The van der Waals surface area contributed by atoms with Crippen molar-refractivity contribution in [2.24, 2.45) is 0 Å². The lowest BCUT2D eigenvalue weighted by atomic mass is 10.0. The highest BCUT2D eigenvalue weighted by atomic mass is 19.1. The van der Waals surface area contributed by atoms with E-state index in [1.807, 2.05) is 30.3 Å². The monoisotopic (exact) mass is 286 g/mol. The molecule has 0 saturated carbocycles. The van der Waals surface area contributed by atoms with Crippen LogP contribution in [0.2, 0.25) is 0 Å². The minimum Gasteiger partial charge on any atom is -0.456 e. The Morgan fingerprint density at radius 2 is 1.36 bits per heavy atom. The summed E-state index contributed by atoms with van der Waals surface area (Å²) < 4.78 is 19.4. The molecule has 1 nitrogen and oxygen atoms in total. The maximum Gasteiger partial charge on any atom is 0.136 e. The highest BCUT2D eigenvalue weighted by Crippen LogP contribution is 2.33. The van der Waals surface area contributed by atoms with Gasteiger partial charge in [0.25, 0.3) is 0 Å². The number of hydrogen-bond donors (Lipinski definition) is 0. The number of rotatable bonds is 0. The molecule has 0 saturated heterocycles. The van der Waals surface area contributed by atoms with Crippen molar-refractivity contribution in [2.75, 3.05) is 0 Å². The van der Waals surface area contributed by atoms with Crippen molar-refractivity contribution in [1.82, 2.24) is 0 Å². The van der Waals surface area contributed by atoms with E-state index in [0.717, 1.165) is 43.5 Å². The van der Waals surface area contributed by atoms with Gasteiger partial charge in [-0.3, -0.25) is 0 Å². The van der Waals surface area contributed by atoms with Crippen molar-refractivity contribution in [3.05, 3.63) is 72.5 Å². The zero-order valence-corrected chi connectivity index (χ0v) is 11.6. The summed E-state index contributed by atoms with van der Waals surface area (Å²) in [7, 11) is 0. The van der Waals surface area contributed by atoms with Crippen molar-refractivity contribution in [3.8, 4) is 0 Å². The summed E-state index contributed by atoms with van der Waals surface area (Å²) in [4.78, 5) is 0. The van der Waals surface area contributed by atoms with E-state index in [1.165, 1.54) is 6.07 Å². The fraction of sp³-hybridized carbons (Fsp3) is 0. The smallest absolute Gasteiger partial charge is 0.136 e. The molecule has 104 valence electrons. The quantitative estimate of drug-likeness (QED) is 0.317. The molecule has 0 fully saturated rings. The van der Waals surface area contributed by atoms with E-state index in [-0.39, 0.29) is 5.82 Å². The molecule has 0 radical (unpaired) electrons. The predicted octanol–water partition coefficient (Wildman–Crippen LogP) is 6.03. The van der Waals surface area contributed by atoms with Gasteiger partial charge in [-0.05, 0) is 64.0 Å². The van der Waals surface area contributed by atoms with Gasteiger partial charge in [0.2, 0.25) is 0 Å². The molecule has 1 aromatic heterocycles. The first-order valence-electron chi connectivity index (χ1n) is 7.22. The first kappa shape index (κ1) is 11.8. The Hall–Kier alpha value is -2.87. The van der Waals surface area contributed by atoms with E-state index in [4.69, 9.17) is 4.42 Å². The Bertz CT molecular complexity index is 1180. The van der Waals surface area contributed by atoms with E-state index < -0.39 is 0 Å². The molecule has 0 aliphatic carbocycles. The van der Waals surface area contributed by atoms with Crippen molar-refractivity contribution in [1.29, 1.82) is 0 Å². The number of hydrogen-bond acceptors (Lipinski definition) is 1. The number of para-hydroxylation sites is 1. The maximum atomic E-state index is 13.4. The highest BCUT2D eigenvalue weighted by molar-refractivity contribution is 6.11. The standard InChI is InChI=1S/C20H11FO/c21-16-6-5-12-7-15-11-20-18(10-14(15)8-13(12)9-16)17-3-1-2-4-19(17)22-20/h1-11H. The first-order chi connectivity index (χ1) is 10.8. The van der Waals surface area contributed by atoms with Crippen molar-refractivity contribution >= 4 is 43.5 Å². The van der Waals surface area contributed by atoms with E-state index in [9.17, 15) is 4.39 Å². The van der Waals surface area contributed by atoms with Crippen molar-refractivity contribution in [3.63, 3.8) is 0 Å². The average Bonchev–Trinajstić information content (AvgIpc) is 2.88. The molecule has 1 heterocycles. The Kier molecular flexibility index (Phi) is 2.18. The van der Waals surface area contributed by atoms with E-state index in [0.29, 0.717) is 0 Å². The van der Waals surface area contributed by atoms with Gasteiger partial charge < -0.3 is 4.42 Å². The van der Waals surface area contributed by atoms with Gasteiger partial charge in [-0.15, -0.1) is 0 Å². The second kappa shape index (κ2) is 4.08. The molecule has 0 spiro atoms. The normalized spacial score (nSPS) is 11.9. The first-order valence-corrected chi connectivity index (χ1v) is 7.22. The lowest BCUT2D eigenvalue weighted by molar-refractivity contribution is 0.630. The van der Waals surface area contributed by atoms with Crippen LogP contribution >= 0.6 is 0 Å². The zero-order chi connectivity index (χ0) is 14.7. The third-order valence-electron chi connectivity index (χ3n) is 4.25. The van der Waals surface area contributed by atoms with Gasteiger partial charge in [-0.2, -0.15) is 0 Å². The summed E-state index contributed by atoms with van der Waals surface area (Å²) >= 11 is 0. The molecule has 0 aliphatic rings. The van der Waals surface area contributed by atoms with E-state index >= 15 is 0 Å². The molecular formula is C20H11FO. The second-order valence-corrected chi connectivity index (χ2v) is 5.64. The maximum absolute atomic E-state index is 13.4. The Morgan fingerprint density at radius 3 is 2.32 bits per heavy atom. The van der Waals surface area contributed by atoms with Crippen LogP contribution in [0.15, 0.2) is 71.1 Å². The molecule has 22 heavy (non-hydrogen) atoms. The molecule has 2 heteroatoms. The molecule has 0 amide bonds. The van der Waals surface area contributed by atoms with Crippen molar-refractivity contribution < 1.29 is 8.81 Å². The van der Waals surface area contributed by atoms with Crippen LogP contribution in [0, 0.1) is 5.82 Å². The molecule has 0 unspecified atom stereocenters. The van der Waals surface area contributed by atoms with Crippen LogP contribution in [0.25, 0.3) is 43.5 Å². The van der Waals surface area contributed by atoms with Gasteiger partial charge in [0.15, 0.2) is 0 Å². The van der Waals surface area contributed by atoms with Crippen LogP contribution < -0.4 is 0 Å². The minimum absolute atomic E-state index is 0.207. The van der Waals surface area contributed by atoms with E-state index in [1.54, 1.807) is 6.07 Å². The van der Waals surface area contributed by atoms with Gasteiger partial charge in [0.05, 0.1) is 0 Å². The fourth-order valence-electron chi connectivity index (χ4n) is 3.19. The van der Waals surface area contributed by atoms with Gasteiger partial charge in [0.1, 0.15) is 17.0 Å². The molecule has 0 bridgehead atoms. The van der Waals surface area contributed by atoms with Crippen LogP contribution in [0.5, 0.6) is 0 Å². The van der Waals surface area contributed by atoms with Crippen LogP contribution in [0.1, 0.15) is 0 Å². The summed E-state index contributed by atoms with van der Waals surface area (Å²) in [5, 5.41) is 6.35. The molecule has 0 atom stereocenters. The molecule has 5 aromatic rings. The van der Waals surface area contributed by atoms with Crippen LogP contribution in [-0.2, 0) is 0 Å². The Balaban J connectivity index is 1.96. The Morgan fingerprint density at radius 1 is 0.591 bits per heavy atom. The van der Waals surface area contributed by atoms with Crippen LogP contribution in [0.3, 0.4) is 0 Å². The molecule has 0 aliphatic heterocycles. The summed E-state index contributed by atoms with van der Waals surface area (Å²) in [5.74, 6) is -0.207. The lowest BCUT2D eigenvalue weighted by Crippen LogP contribution is -1.79. The zero-order valence-electron chi connectivity index (χ0n) is 11.6. The fourth-order valence-corrected chi connectivity index (χ4v) is 3.19. The third-order valence-corrected chi connectivity index (χ3v) is 4.25. The molecule has 4 aromatic carbocycles. The number of benzene rings is 4. The topological polar surface area (TPSA) is 13.1 Å². The van der Waals surface area contributed by atoms with Crippen LogP contribution in [0.4, 0.5) is 4.39 Å². The molecule has 5 rings (SSSR count). The van der Waals surface area contributed by atoms with Crippen molar-refractivity contribution in [2.45, 2.75) is 0 Å². The van der Waals surface area contributed by atoms with Crippen LogP contribution in [-0.4, -0.2) is 0 Å². The largest absolute Gasteiger partial charge is 0.456 e. The lowest BCUT2D eigenvalue weighted by Gasteiger charge is -2.03. The summed E-state index contributed by atoms with van der Waals surface area (Å²) in [6, 6.07) is 21.2. The minimum atomic E-state index is -0.207. The number of fused-ring (bicyclic) bond motifs is 5. The van der Waals surface area contributed by atoms with Gasteiger partial charge >= 0.3 is 0 Å². The van der Waals surface area contributed by atoms with Gasteiger partial charge in [-0.25, -0.2) is 4.39 Å². The third kappa shape index (κ3) is 1.58. The van der Waals surface area contributed by atoms with Gasteiger partial charge in [0, 0.05) is 10.8 Å². The molecule has 0 N–H and O–H groups in total. The average molecular weight is 286 g/mol. The number of furan rings is 1. The summed E-state index contributed by atoms with van der Waals surface area (Å²) in [6.45, 7) is 0.